The number of hydrogen-bond donors (Lipinski definition) is 1. The van der Waals surface area contributed by atoms with Crippen molar-refractivity contribution in [3.63, 3.8) is 0 Å². The second kappa shape index (κ2) is 13.7. The van der Waals surface area contributed by atoms with Crippen molar-refractivity contribution in [2.24, 2.45) is 5.10 Å². The summed E-state index contributed by atoms with van der Waals surface area (Å²) in [6.45, 7) is 0.676. The SMILES string of the molecule is COc1cc(/C=N\NC(=O)COc2ccc(OCc3ccccc3)cc2)ccc1OCc1ccc(Cl)cc1. The summed E-state index contributed by atoms with van der Waals surface area (Å²) in [5, 5.41) is 4.67. The molecular formula is C30H27ClN2O5. The van der Waals surface area contributed by atoms with Gasteiger partial charge in [0.2, 0.25) is 0 Å². The Hall–Kier alpha value is -4.49. The van der Waals surface area contributed by atoms with E-state index in [9.17, 15) is 4.79 Å². The van der Waals surface area contributed by atoms with E-state index < -0.39 is 0 Å². The highest BCUT2D eigenvalue weighted by molar-refractivity contribution is 6.30. The summed E-state index contributed by atoms with van der Waals surface area (Å²) < 4.78 is 22.6. The normalized spacial score (nSPS) is 10.7. The Kier molecular flexibility index (Phi) is 9.59. The van der Waals surface area contributed by atoms with E-state index in [4.69, 9.17) is 30.5 Å². The molecule has 4 rings (SSSR count). The zero-order valence-electron chi connectivity index (χ0n) is 20.8. The van der Waals surface area contributed by atoms with Crippen LogP contribution in [0.25, 0.3) is 0 Å². The Morgan fingerprint density at radius 2 is 1.45 bits per heavy atom. The van der Waals surface area contributed by atoms with E-state index in [1.54, 1.807) is 43.5 Å². The van der Waals surface area contributed by atoms with Crippen LogP contribution in [0, 0.1) is 0 Å². The zero-order chi connectivity index (χ0) is 26.6. The quantitative estimate of drug-likeness (QED) is 0.178. The second-order valence-electron chi connectivity index (χ2n) is 8.15. The van der Waals surface area contributed by atoms with Gasteiger partial charge in [-0.05, 0) is 71.3 Å². The second-order valence-corrected chi connectivity index (χ2v) is 8.59. The van der Waals surface area contributed by atoms with Crippen molar-refractivity contribution in [1.29, 1.82) is 0 Å². The molecule has 4 aromatic carbocycles. The maximum atomic E-state index is 12.1. The lowest BCUT2D eigenvalue weighted by Crippen LogP contribution is -2.24. The predicted molar refractivity (Wildman–Crippen MR) is 147 cm³/mol. The van der Waals surface area contributed by atoms with Gasteiger partial charge in [0, 0.05) is 5.02 Å². The van der Waals surface area contributed by atoms with E-state index in [0.29, 0.717) is 41.2 Å². The number of rotatable bonds is 12. The predicted octanol–water partition coefficient (Wildman–Crippen LogP) is 6.04. The van der Waals surface area contributed by atoms with Crippen LogP contribution in [0.5, 0.6) is 23.0 Å². The lowest BCUT2D eigenvalue weighted by molar-refractivity contribution is -0.123. The van der Waals surface area contributed by atoms with Gasteiger partial charge in [-0.2, -0.15) is 5.10 Å². The van der Waals surface area contributed by atoms with Gasteiger partial charge in [-0.1, -0.05) is 54.1 Å². The molecule has 0 spiro atoms. The van der Waals surface area contributed by atoms with Crippen LogP contribution in [-0.2, 0) is 18.0 Å². The lowest BCUT2D eigenvalue weighted by atomic mass is 10.2. The minimum Gasteiger partial charge on any atom is -0.493 e. The Morgan fingerprint density at radius 1 is 0.789 bits per heavy atom. The molecule has 0 fully saturated rings. The molecule has 0 radical (unpaired) electrons. The van der Waals surface area contributed by atoms with Crippen molar-refractivity contribution in [3.8, 4) is 23.0 Å². The number of hydrogen-bond acceptors (Lipinski definition) is 6. The maximum Gasteiger partial charge on any atom is 0.277 e. The number of carbonyl (C=O) groups excluding carboxylic acids is 1. The average molecular weight is 531 g/mol. The Bertz CT molecular complexity index is 1340. The van der Waals surface area contributed by atoms with Crippen molar-refractivity contribution >= 4 is 23.7 Å². The molecule has 0 unspecified atom stereocenters. The van der Waals surface area contributed by atoms with Crippen molar-refractivity contribution in [3.05, 3.63) is 119 Å². The molecule has 1 amide bonds. The van der Waals surface area contributed by atoms with E-state index in [1.165, 1.54) is 6.21 Å². The van der Waals surface area contributed by atoms with Gasteiger partial charge in [0.15, 0.2) is 18.1 Å². The van der Waals surface area contributed by atoms with Crippen LogP contribution in [0.3, 0.4) is 0 Å². The maximum absolute atomic E-state index is 12.1. The summed E-state index contributed by atoms with van der Waals surface area (Å²) in [6, 6.07) is 29.8. The fourth-order valence-electron chi connectivity index (χ4n) is 3.36. The first kappa shape index (κ1) is 26.6. The molecule has 0 atom stereocenters. The molecule has 7 nitrogen and oxygen atoms in total. The minimum absolute atomic E-state index is 0.178. The average Bonchev–Trinajstić information content (AvgIpc) is 2.96. The third kappa shape index (κ3) is 8.28. The lowest BCUT2D eigenvalue weighted by Gasteiger charge is -2.11. The van der Waals surface area contributed by atoms with Crippen LogP contribution in [0.4, 0.5) is 0 Å². The summed E-state index contributed by atoms with van der Waals surface area (Å²) in [6.07, 6.45) is 1.52. The standard InChI is InChI=1S/C30H27ClN2O5/c1-35-29-17-24(9-16-28(29)38-20-23-7-10-25(31)11-8-23)18-32-33-30(34)21-37-27-14-12-26(13-15-27)36-19-22-5-3-2-4-6-22/h2-18H,19-21H2,1H3,(H,33,34)/b32-18-. The van der Waals surface area contributed by atoms with Gasteiger partial charge in [-0.25, -0.2) is 5.43 Å². The molecule has 0 saturated heterocycles. The number of benzene rings is 4. The van der Waals surface area contributed by atoms with E-state index in [2.05, 4.69) is 10.5 Å². The number of ether oxygens (including phenoxy) is 4. The van der Waals surface area contributed by atoms with Gasteiger partial charge in [-0.3, -0.25) is 4.79 Å². The smallest absolute Gasteiger partial charge is 0.277 e. The van der Waals surface area contributed by atoms with E-state index in [1.807, 2.05) is 60.7 Å². The summed E-state index contributed by atoms with van der Waals surface area (Å²) in [4.78, 5) is 12.1. The molecule has 0 heterocycles. The van der Waals surface area contributed by atoms with Crippen molar-refractivity contribution in [2.45, 2.75) is 13.2 Å². The fraction of sp³-hybridized carbons (Fsp3) is 0.133. The van der Waals surface area contributed by atoms with E-state index >= 15 is 0 Å². The third-order valence-corrected chi connectivity index (χ3v) is 5.59. The molecular weight excluding hydrogens is 504 g/mol. The molecule has 4 aromatic rings. The number of halogens is 1. The summed E-state index contributed by atoms with van der Waals surface area (Å²) in [7, 11) is 1.56. The highest BCUT2D eigenvalue weighted by Gasteiger charge is 2.07. The first-order valence-electron chi connectivity index (χ1n) is 11.9. The van der Waals surface area contributed by atoms with Crippen LogP contribution in [0.1, 0.15) is 16.7 Å². The van der Waals surface area contributed by atoms with Gasteiger partial charge in [0.25, 0.3) is 5.91 Å². The summed E-state index contributed by atoms with van der Waals surface area (Å²) >= 11 is 5.92. The molecule has 194 valence electrons. The Balaban J connectivity index is 1.21. The first-order valence-corrected chi connectivity index (χ1v) is 12.2. The van der Waals surface area contributed by atoms with Crippen molar-refractivity contribution in [1.82, 2.24) is 5.43 Å². The minimum atomic E-state index is -0.388. The highest BCUT2D eigenvalue weighted by Crippen LogP contribution is 2.28. The fourth-order valence-corrected chi connectivity index (χ4v) is 3.48. The molecule has 0 aliphatic carbocycles. The van der Waals surface area contributed by atoms with Gasteiger partial charge in [0.1, 0.15) is 24.7 Å². The number of methoxy groups -OCH3 is 1. The molecule has 8 heteroatoms. The van der Waals surface area contributed by atoms with Crippen LogP contribution in [-0.4, -0.2) is 25.8 Å². The van der Waals surface area contributed by atoms with Gasteiger partial charge < -0.3 is 18.9 Å². The summed E-state index contributed by atoms with van der Waals surface area (Å²) in [5.74, 6) is 2.02. The van der Waals surface area contributed by atoms with E-state index in [0.717, 1.165) is 16.7 Å². The first-order chi connectivity index (χ1) is 18.6. The number of hydrazone groups is 1. The van der Waals surface area contributed by atoms with Crippen molar-refractivity contribution in [2.75, 3.05) is 13.7 Å². The molecule has 1 N–H and O–H groups in total. The Labute approximate surface area is 226 Å². The molecule has 0 saturated carbocycles. The number of carbonyl (C=O) groups is 1. The zero-order valence-corrected chi connectivity index (χ0v) is 21.6. The van der Waals surface area contributed by atoms with Crippen LogP contribution in [0.15, 0.2) is 102 Å². The van der Waals surface area contributed by atoms with Crippen LogP contribution < -0.4 is 24.4 Å². The molecule has 38 heavy (non-hydrogen) atoms. The van der Waals surface area contributed by atoms with E-state index in [-0.39, 0.29) is 12.5 Å². The number of nitrogens with one attached hydrogen (secondary N) is 1. The van der Waals surface area contributed by atoms with Gasteiger partial charge in [0.05, 0.1) is 13.3 Å². The summed E-state index contributed by atoms with van der Waals surface area (Å²) in [5.41, 5.74) is 5.25. The third-order valence-electron chi connectivity index (χ3n) is 5.34. The van der Waals surface area contributed by atoms with Gasteiger partial charge >= 0.3 is 0 Å². The van der Waals surface area contributed by atoms with Crippen molar-refractivity contribution < 1.29 is 23.7 Å². The monoisotopic (exact) mass is 530 g/mol. The van der Waals surface area contributed by atoms with Gasteiger partial charge in [-0.15, -0.1) is 0 Å². The van der Waals surface area contributed by atoms with Crippen LogP contribution >= 0.6 is 11.6 Å². The molecule has 0 bridgehead atoms. The molecule has 0 aliphatic rings. The van der Waals surface area contributed by atoms with Crippen LogP contribution in [0.2, 0.25) is 5.02 Å². The molecule has 0 aromatic heterocycles. The highest BCUT2D eigenvalue weighted by atomic mass is 35.5. The molecule has 0 aliphatic heterocycles. The topological polar surface area (TPSA) is 78.4 Å². The largest absolute Gasteiger partial charge is 0.493 e. The number of nitrogens with zero attached hydrogens (tertiary/aromatic N) is 1. The Morgan fingerprint density at radius 3 is 2.16 bits per heavy atom. The number of amides is 1.